The van der Waals surface area contributed by atoms with E-state index in [9.17, 15) is 9.59 Å². The van der Waals surface area contributed by atoms with Crippen LogP contribution in [-0.4, -0.2) is 41.8 Å². The molecule has 154 valence electrons. The maximum Gasteiger partial charge on any atom is 0.329 e. The van der Waals surface area contributed by atoms with Gasteiger partial charge in [-0.25, -0.2) is 4.79 Å². The Morgan fingerprint density at radius 1 is 1.07 bits per heavy atom. The van der Waals surface area contributed by atoms with E-state index >= 15 is 0 Å². The van der Waals surface area contributed by atoms with E-state index in [1.54, 1.807) is 35.7 Å². The van der Waals surface area contributed by atoms with Gasteiger partial charge in [0.15, 0.2) is 0 Å². The Morgan fingerprint density at radius 3 is 2.45 bits per heavy atom. The van der Waals surface area contributed by atoms with E-state index in [-0.39, 0.29) is 17.3 Å². The van der Waals surface area contributed by atoms with Gasteiger partial charge in [0.2, 0.25) is 0 Å². The van der Waals surface area contributed by atoms with Crippen LogP contribution in [0.4, 0.5) is 0 Å². The SMILES string of the molecule is CCCCOc1ccc(C(=O)N2C(C(=O)OCC)CSC2c2ccccc2)cc1. The molecule has 0 aliphatic carbocycles. The summed E-state index contributed by atoms with van der Waals surface area (Å²) < 4.78 is 10.9. The molecule has 1 amide bonds. The largest absolute Gasteiger partial charge is 0.494 e. The molecular weight excluding hydrogens is 386 g/mol. The number of rotatable bonds is 8. The number of hydrogen-bond donors (Lipinski definition) is 0. The van der Waals surface area contributed by atoms with Crippen LogP contribution in [0.25, 0.3) is 0 Å². The highest BCUT2D eigenvalue weighted by atomic mass is 32.2. The summed E-state index contributed by atoms with van der Waals surface area (Å²) in [5, 5.41) is -0.224. The quantitative estimate of drug-likeness (QED) is 0.464. The van der Waals surface area contributed by atoms with Gasteiger partial charge in [0.05, 0.1) is 13.2 Å². The number of carbonyl (C=O) groups excluding carboxylic acids is 2. The maximum atomic E-state index is 13.4. The van der Waals surface area contributed by atoms with E-state index in [4.69, 9.17) is 9.47 Å². The Morgan fingerprint density at radius 2 is 1.79 bits per heavy atom. The Hall–Kier alpha value is -2.47. The topological polar surface area (TPSA) is 55.8 Å². The molecule has 3 rings (SSSR count). The Labute approximate surface area is 176 Å². The molecule has 29 heavy (non-hydrogen) atoms. The van der Waals surface area contributed by atoms with Gasteiger partial charge < -0.3 is 14.4 Å². The van der Waals surface area contributed by atoms with E-state index < -0.39 is 6.04 Å². The van der Waals surface area contributed by atoms with Crippen molar-refractivity contribution in [3.8, 4) is 5.75 Å². The van der Waals surface area contributed by atoms with Gasteiger partial charge in [-0.05, 0) is 43.2 Å². The molecule has 5 nitrogen and oxygen atoms in total. The van der Waals surface area contributed by atoms with E-state index in [0.29, 0.717) is 24.5 Å². The van der Waals surface area contributed by atoms with E-state index in [1.807, 2.05) is 42.5 Å². The molecule has 1 aliphatic heterocycles. The minimum atomic E-state index is -0.599. The first-order valence-electron chi connectivity index (χ1n) is 10.0. The second-order valence-electron chi connectivity index (χ2n) is 6.80. The first-order valence-corrected chi connectivity index (χ1v) is 11.1. The van der Waals surface area contributed by atoms with E-state index in [2.05, 4.69) is 6.92 Å². The smallest absolute Gasteiger partial charge is 0.329 e. The van der Waals surface area contributed by atoms with Crippen LogP contribution in [-0.2, 0) is 9.53 Å². The zero-order valence-corrected chi connectivity index (χ0v) is 17.7. The van der Waals surface area contributed by atoms with Crippen LogP contribution in [0.5, 0.6) is 5.75 Å². The summed E-state index contributed by atoms with van der Waals surface area (Å²) in [6, 6.07) is 16.3. The molecule has 1 heterocycles. The zero-order valence-electron chi connectivity index (χ0n) is 16.9. The highest BCUT2D eigenvalue weighted by Gasteiger charge is 2.43. The van der Waals surface area contributed by atoms with E-state index in [0.717, 1.165) is 24.2 Å². The third-order valence-corrected chi connectivity index (χ3v) is 6.07. The maximum absolute atomic E-state index is 13.4. The van der Waals surface area contributed by atoms with Gasteiger partial charge in [-0.2, -0.15) is 0 Å². The van der Waals surface area contributed by atoms with Crippen LogP contribution >= 0.6 is 11.8 Å². The number of thioether (sulfide) groups is 1. The molecule has 1 fully saturated rings. The Kier molecular flexibility index (Phi) is 7.58. The number of amides is 1. The zero-order chi connectivity index (χ0) is 20.6. The molecular formula is C23H27NO4S. The Balaban J connectivity index is 1.83. The van der Waals surface area contributed by atoms with Crippen molar-refractivity contribution in [1.82, 2.24) is 4.90 Å². The number of benzene rings is 2. The van der Waals surface area contributed by atoms with Gasteiger partial charge in [0.1, 0.15) is 17.2 Å². The monoisotopic (exact) mass is 413 g/mol. The lowest BCUT2D eigenvalue weighted by molar-refractivity contribution is -0.147. The minimum Gasteiger partial charge on any atom is -0.494 e. The van der Waals surface area contributed by atoms with Crippen LogP contribution in [0.15, 0.2) is 54.6 Å². The lowest BCUT2D eigenvalue weighted by Gasteiger charge is -2.28. The summed E-state index contributed by atoms with van der Waals surface area (Å²) in [6.07, 6.45) is 2.06. The number of nitrogens with zero attached hydrogens (tertiary/aromatic N) is 1. The summed E-state index contributed by atoms with van der Waals surface area (Å²) in [4.78, 5) is 27.6. The molecule has 2 aromatic carbocycles. The van der Waals surface area contributed by atoms with Gasteiger partial charge in [-0.15, -0.1) is 11.8 Å². The predicted molar refractivity (Wildman–Crippen MR) is 115 cm³/mol. The molecule has 6 heteroatoms. The summed E-state index contributed by atoms with van der Waals surface area (Å²) >= 11 is 1.59. The van der Waals surface area contributed by atoms with Crippen molar-refractivity contribution >= 4 is 23.6 Å². The van der Waals surface area contributed by atoms with Crippen LogP contribution in [0, 0.1) is 0 Å². The van der Waals surface area contributed by atoms with Gasteiger partial charge in [-0.3, -0.25) is 4.79 Å². The molecule has 0 saturated carbocycles. The van der Waals surface area contributed by atoms with Crippen molar-refractivity contribution < 1.29 is 19.1 Å². The van der Waals surface area contributed by atoms with Crippen molar-refractivity contribution in [3.05, 3.63) is 65.7 Å². The number of unbranched alkanes of at least 4 members (excludes halogenated alkanes) is 1. The third-order valence-electron chi connectivity index (χ3n) is 4.75. The van der Waals surface area contributed by atoms with Crippen LogP contribution < -0.4 is 4.74 Å². The molecule has 0 N–H and O–H groups in total. The lowest BCUT2D eigenvalue weighted by atomic mass is 10.1. The van der Waals surface area contributed by atoms with Gasteiger partial charge in [-0.1, -0.05) is 43.7 Å². The fraction of sp³-hybridized carbons (Fsp3) is 0.391. The molecule has 0 aromatic heterocycles. The number of esters is 1. The third kappa shape index (κ3) is 5.12. The van der Waals surface area contributed by atoms with Crippen LogP contribution in [0.1, 0.15) is 48.0 Å². The van der Waals surface area contributed by atoms with Crippen molar-refractivity contribution in [2.45, 2.75) is 38.1 Å². The summed E-state index contributed by atoms with van der Waals surface area (Å²) in [6.45, 7) is 4.84. The second kappa shape index (κ2) is 10.3. The summed E-state index contributed by atoms with van der Waals surface area (Å²) in [7, 11) is 0. The number of ether oxygens (including phenoxy) is 2. The molecule has 1 aliphatic rings. The molecule has 2 aromatic rings. The fourth-order valence-electron chi connectivity index (χ4n) is 3.23. The van der Waals surface area contributed by atoms with Gasteiger partial charge in [0.25, 0.3) is 5.91 Å². The van der Waals surface area contributed by atoms with Crippen LogP contribution in [0.3, 0.4) is 0 Å². The van der Waals surface area contributed by atoms with Crippen molar-refractivity contribution in [2.24, 2.45) is 0 Å². The van der Waals surface area contributed by atoms with Crippen molar-refractivity contribution in [2.75, 3.05) is 19.0 Å². The first-order chi connectivity index (χ1) is 14.2. The van der Waals surface area contributed by atoms with Crippen LogP contribution in [0.2, 0.25) is 0 Å². The fourth-order valence-corrected chi connectivity index (χ4v) is 4.64. The first kappa shape index (κ1) is 21.2. The minimum absolute atomic E-state index is 0.179. The lowest BCUT2D eigenvalue weighted by Crippen LogP contribution is -2.43. The summed E-state index contributed by atoms with van der Waals surface area (Å²) in [5.74, 6) is 0.725. The predicted octanol–water partition coefficient (Wildman–Crippen LogP) is 4.69. The molecule has 0 spiro atoms. The molecule has 2 atom stereocenters. The Bertz CT molecular complexity index is 809. The number of hydrogen-bond acceptors (Lipinski definition) is 5. The standard InChI is InChI=1S/C23H27NO4S/c1-3-5-15-28-19-13-11-17(12-14-19)21(25)24-20(23(26)27-4-2)16-29-22(24)18-9-7-6-8-10-18/h6-14,20,22H,3-5,15-16H2,1-2H3. The average molecular weight is 414 g/mol. The summed E-state index contributed by atoms with van der Waals surface area (Å²) in [5.41, 5.74) is 1.53. The molecule has 1 saturated heterocycles. The van der Waals surface area contributed by atoms with Crippen molar-refractivity contribution in [1.29, 1.82) is 0 Å². The second-order valence-corrected chi connectivity index (χ2v) is 7.92. The van der Waals surface area contributed by atoms with Gasteiger partial charge in [0, 0.05) is 11.3 Å². The van der Waals surface area contributed by atoms with Gasteiger partial charge >= 0.3 is 5.97 Å². The highest BCUT2D eigenvalue weighted by molar-refractivity contribution is 7.99. The number of carbonyl (C=O) groups is 2. The van der Waals surface area contributed by atoms with Crippen molar-refractivity contribution in [3.63, 3.8) is 0 Å². The molecule has 0 radical (unpaired) electrons. The molecule has 0 bridgehead atoms. The highest BCUT2D eigenvalue weighted by Crippen LogP contribution is 2.42. The van der Waals surface area contributed by atoms with E-state index in [1.165, 1.54) is 0 Å². The molecule has 2 unspecified atom stereocenters. The average Bonchev–Trinajstić information content (AvgIpc) is 3.20. The normalized spacial score (nSPS) is 18.5.